The van der Waals surface area contributed by atoms with E-state index in [-0.39, 0.29) is 0 Å². The lowest BCUT2D eigenvalue weighted by molar-refractivity contribution is 0.828. The molecule has 0 saturated heterocycles. The molecular formula is C11H18. The summed E-state index contributed by atoms with van der Waals surface area (Å²) in [4.78, 5) is 0. The fourth-order valence-electron chi connectivity index (χ4n) is 1.69. The summed E-state index contributed by atoms with van der Waals surface area (Å²) in [7, 11) is 0. The predicted octanol–water partition coefficient (Wildman–Crippen LogP) is 3.84. The van der Waals surface area contributed by atoms with Crippen molar-refractivity contribution >= 4 is 0 Å². The van der Waals surface area contributed by atoms with Gasteiger partial charge in [-0.25, -0.2) is 0 Å². The average Bonchev–Trinajstić information content (AvgIpc) is 2.28. The van der Waals surface area contributed by atoms with Crippen molar-refractivity contribution in [3.63, 3.8) is 0 Å². The second kappa shape index (κ2) is 4.38. The van der Waals surface area contributed by atoms with Crippen molar-refractivity contribution in [2.24, 2.45) is 0 Å². The molecule has 0 aliphatic heterocycles. The Bertz CT molecular complexity index is 152. The first-order valence-corrected chi connectivity index (χ1v) is 4.65. The summed E-state index contributed by atoms with van der Waals surface area (Å²) >= 11 is 0. The van der Waals surface area contributed by atoms with Gasteiger partial charge in [-0.1, -0.05) is 23.3 Å². The Hall–Kier alpha value is -0.520. The predicted molar refractivity (Wildman–Crippen MR) is 50.6 cm³/mol. The zero-order chi connectivity index (χ0) is 8.10. The summed E-state index contributed by atoms with van der Waals surface area (Å²) in [6, 6.07) is 0. The van der Waals surface area contributed by atoms with Gasteiger partial charge in [-0.05, 0) is 46.0 Å². The molecule has 0 radical (unpaired) electrons. The van der Waals surface area contributed by atoms with Gasteiger partial charge in [0.25, 0.3) is 0 Å². The maximum absolute atomic E-state index is 2.29. The van der Waals surface area contributed by atoms with E-state index in [9.17, 15) is 0 Å². The monoisotopic (exact) mass is 150 g/mol. The van der Waals surface area contributed by atoms with Crippen LogP contribution in [0.2, 0.25) is 0 Å². The molecule has 0 N–H and O–H groups in total. The Kier molecular flexibility index (Phi) is 3.41. The molecule has 0 heterocycles. The van der Waals surface area contributed by atoms with E-state index < -0.39 is 0 Å². The van der Waals surface area contributed by atoms with E-state index in [0.29, 0.717) is 0 Å². The summed E-state index contributed by atoms with van der Waals surface area (Å²) in [6.07, 6.45) is 11.2. The molecule has 0 aromatic heterocycles. The van der Waals surface area contributed by atoms with Crippen LogP contribution in [0, 0.1) is 0 Å². The highest BCUT2D eigenvalue weighted by Crippen LogP contribution is 2.25. The molecule has 1 rings (SSSR count). The zero-order valence-corrected chi connectivity index (χ0v) is 7.69. The molecule has 1 saturated carbocycles. The molecule has 62 valence electrons. The molecule has 11 heavy (non-hydrogen) atoms. The maximum atomic E-state index is 2.29. The van der Waals surface area contributed by atoms with Gasteiger partial charge in [0.2, 0.25) is 0 Å². The van der Waals surface area contributed by atoms with Crippen LogP contribution in [0.3, 0.4) is 0 Å². The molecule has 1 aliphatic rings. The number of hydrogen-bond acceptors (Lipinski definition) is 0. The van der Waals surface area contributed by atoms with Crippen molar-refractivity contribution in [2.75, 3.05) is 0 Å². The lowest BCUT2D eigenvalue weighted by Crippen LogP contribution is -1.79. The molecule has 1 aliphatic carbocycles. The standard InChI is InChI=1S/C11H18/c1-3-10-6-5-7-11(4-2)9-8-10/h3-4H,5-9H2,1-2H3. The Morgan fingerprint density at radius 2 is 1.27 bits per heavy atom. The van der Waals surface area contributed by atoms with Crippen LogP contribution in [0.15, 0.2) is 23.3 Å². The third kappa shape index (κ3) is 2.53. The van der Waals surface area contributed by atoms with Crippen LogP contribution in [0.4, 0.5) is 0 Å². The molecule has 0 heteroatoms. The Morgan fingerprint density at radius 1 is 0.818 bits per heavy atom. The fourth-order valence-corrected chi connectivity index (χ4v) is 1.69. The van der Waals surface area contributed by atoms with Crippen molar-refractivity contribution in [1.29, 1.82) is 0 Å². The molecule has 0 amide bonds. The molecule has 0 aromatic carbocycles. The summed E-state index contributed by atoms with van der Waals surface area (Å²) in [6.45, 7) is 4.33. The molecule has 1 fully saturated rings. The van der Waals surface area contributed by atoms with E-state index in [4.69, 9.17) is 0 Å². The first-order chi connectivity index (χ1) is 5.36. The fraction of sp³-hybridized carbons (Fsp3) is 0.636. The van der Waals surface area contributed by atoms with Gasteiger partial charge in [-0.3, -0.25) is 0 Å². The number of hydrogen-bond donors (Lipinski definition) is 0. The second-order valence-corrected chi connectivity index (χ2v) is 3.25. The van der Waals surface area contributed by atoms with Crippen molar-refractivity contribution in [1.82, 2.24) is 0 Å². The molecule has 0 aromatic rings. The minimum atomic E-state index is 1.30. The van der Waals surface area contributed by atoms with Gasteiger partial charge in [0.05, 0.1) is 0 Å². The number of allylic oxidation sites excluding steroid dienone is 4. The van der Waals surface area contributed by atoms with Gasteiger partial charge >= 0.3 is 0 Å². The van der Waals surface area contributed by atoms with Crippen LogP contribution in [0.5, 0.6) is 0 Å². The third-order valence-corrected chi connectivity index (χ3v) is 2.58. The topological polar surface area (TPSA) is 0 Å². The lowest BCUT2D eigenvalue weighted by atomic mass is 10.1. The van der Waals surface area contributed by atoms with Crippen molar-refractivity contribution < 1.29 is 0 Å². The average molecular weight is 150 g/mol. The van der Waals surface area contributed by atoms with Crippen LogP contribution in [-0.2, 0) is 0 Å². The SMILES string of the molecule is CC=C1CCCC(=CC)CC1. The second-order valence-electron chi connectivity index (χ2n) is 3.25. The molecule has 0 spiro atoms. The molecule has 0 unspecified atom stereocenters. The summed E-state index contributed by atoms with van der Waals surface area (Å²) in [5.74, 6) is 0. The van der Waals surface area contributed by atoms with Gasteiger partial charge in [-0.2, -0.15) is 0 Å². The van der Waals surface area contributed by atoms with Crippen molar-refractivity contribution in [3.8, 4) is 0 Å². The Morgan fingerprint density at radius 3 is 1.64 bits per heavy atom. The van der Waals surface area contributed by atoms with Gasteiger partial charge in [-0.15, -0.1) is 0 Å². The normalized spacial score (nSPS) is 27.5. The van der Waals surface area contributed by atoms with E-state index in [1.54, 1.807) is 11.1 Å². The van der Waals surface area contributed by atoms with Gasteiger partial charge in [0.15, 0.2) is 0 Å². The van der Waals surface area contributed by atoms with E-state index in [0.717, 1.165) is 0 Å². The quantitative estimate of drug-likeness (QED) is 0.363. The Balaban J connectivity index is 2.52. The van der Waals surface area contributed by atoms with E-state index >= 15 is 0 Å². The zero-order valence-electron chi connectivity index (χ0n) is 7.69. The molecule has 0 bridgehead atoms. The van der Waals surface area contributed by atoms with Crippen molar-refractivity contribution in [2.45, 2.75) is 46.0 Å². The molecule has 0 atom stereocenters. The minimum Gasteiger partial charge on any atom is -0.0884 e. The van der Waals surface area contributed by atoms with E-state index in [2.05, 4.69) is 26.0 Å². The first-order valence-electron chi connectivity index (χ1n) is 4.65. The van der Waals surface area contributed by atoms with Crippen molar-refractivity contribution in [3.05, 3.63) is 23.3 Å². The highest BCUT2D eigenvalue weighted by atomic mass is 14.1. The number of rotatable bonds is 0. The minimum absolute atomic E-state index is 1.30. The van der Waals surface area contributed by atoms with E-state index in [1.807, 2.05) is 0 Å². The Labute approximate surface area is 70.0 Å². The van der Waals surface area contributed by atoms with Gasteiger partial charge in [0, 0.05) is 0 Å². The van der Waals surface area contributed by atoms with Crippen LogP contribution in [-0.4, -0.2) is 0 Å². The smallest absolute Gasteiger partial charge is 0.0283 e. The van der Waals surface area contributed by atoms with Crippen LogP contribution in [0.25, 0.3) is 0 Å². The van der Waals surface area contributed by atoms with E-state index in [1.165, 1.54) is 32.1 Å². The van der Waals surface area contributed by atoms with Crippen LogP contribution < -0.4 is 0 Å². The highest BCUT2D eigenvalue weighted by Gasteiger charge is 2.05. The van der Waals surface area contributed by atoms with Gasteiger partial charge < -0.3 is 0 Å². The third-order valence-electron chi connectivity index (χ3n) is 2.58. The van der Waals surface area contributed by atoms with Gasteiger partial charge in [0.1, 0.15) is 0 Å². The summed E-state index contributed by atoms with van der Waals surface area (Å²) in [5, 5.41) is 0. The molecule has 0 nitrogen and oxygen atoms in total. The molecular weight excluding hydrogens is 132 g/mol. The summed E-state index contributed by atoms with van der Waals surface area (Å²) < 4.78 is 0. The maximum Gasteiger partial charge on any atom is -0.0283 e. The lowest BCUT2D eigenvalue weighted by Gasteiger charge is -1.99. The highest BCUT2D eigenvalue weighted by molar-refractivity contribution is 5.11. The largest absolute Gasteiger partial charge is 0.0884 e. The van der Waals surface area contributed by atoms with Crippen LogP contribution >= 0.6 is 0 Å². The summed E-state index contributed by atoms with van der Waals surface area (Å²) in [5.41, 5.74) is 3.31. The van der Waals surface area contributed by atoms with Crippen LogP contribution in [0.1, 0.15) is 46.0 Å². The first kappa shape index (κ1) is 8.58.